The van der Waals surface area contributed by atoms with Crippen molar-refractivity contribution in [2.45, 2.75) is 18.5 Å². The summed E-state index contributed by atoms with van der Waals surface area (Å²) in [7, 11) is 7.48. The minimum absolute atomic E-state index is 0.0475. The molecule has 1 N–H and O–H groups in total. The predicted octanol–water partition coefficient (Wildman–Crippen LogP) is -0.896. The maximum absolute atomic E-state index is 12.6. The number of carbonyl (C=O) groups excluding carboxylic acids is 2. The Hall–Kier alpha value is -1.34. The summed E-state index contributed by atoms with van der Waals surface area (Å²) >= 11 is 0. The summed E-state index contributed by atoms with van der Waals surface area (Å²) in [5, 5.41) is 2.97. The van der Waals surface area contributed by atoms with E-state index in [1.54, 1.807) is 14.1 Å². The van der Waals surface area contributed by atoms with Crippen molar-refractivity contribution in [2.24, 2.45) is 0 Å². The summed E-state index contributed by atoms with van der Waals surface area (Å²) < 4.78 is 0. The maximum Gasteiger partial charge on any atom is 0.317 e. The zero-order chi connectivity index (χ0) is 15.6. The van der Waals surface area contributed by atoms with Gasteiger partial charge in [0.25, 0.3) is 0 Å². The molecule has 0 aliphatic carbocycles. The van der Waals surface area contributed by atoms with Crippen LogP contribution >= 0.6 is 0 Å². The average Bonchev–Trinajstić information content (AvgIpc) is 2.79. The number of urea groups is 1. The largest absolute Gasteiger partial charge is 0.339 e. The first-order valence-electron chi connectivity index (χ1n) is 7.54. The van der Waals surface area contributed by atoms with Gasteiger partial charge in [0, 0.05) is 52.9 Å². The van der Waals surface area contributed by atoms with Crippen LogP contribution in [0.3, 0.4) is 0 Å². The van der Waals surface area contributed by atoms with Crippen LogP contribution in [0.15, 0.2) is 0 Å². The standard InChI is InChI=1S/C14H27N5O2/c1-16(2)14(21)15-11-9-12(18(4)10-11)13(20)19-7-5-17(3)6-8-19/h11-12H,5-10H2,1-4H3,(H,15,21)/t11-,12-/m0/s1. The van der Waals surface area contributed by atoms with E-state index < -0.39 is 0 Å². The zero-order valence-electron chi connectivity index (χ0n) is 13.5. The first kappa shape index (κ1) is 16.0. The fourth-order valence-corrected chi connectivity index (χ4v) is 2.93. The SMILES string of the molecule is CN1CCN(C(=O)[C@@H]2C[C@H](NC(=O)N(C)C)CN2C)CC1. The quantitative estimate of drug-likeness (QED) is 0.718. The van der Waals surface area contributed by atoms with Gasteiger partial charge >= 0.3 is 6.03 Å². The molecule has 0 saturated carbocycles. The average molecular weight is 297 g/mol. The van der Waals surface area contributed by atoms with Crippen molar-refractivity contribution in [1.29, 1.82) is 0 Å². The van der Waals surface area contributed by atoms with E-state index in [0.29, 0.717) is 6.42 Å². The number of piperazine rings is 1. The van der Waals surface area contributed by atoms with E-state index in [1.165, 1.54) is 4.90 Å². The van der Waals surface area contributed by atoms with Crippen LogP contribution in [0.2, 0.25) is 0 Å². The molecule has 2 aliphatic rings. The summed E-state index contributed by atoms with van der Waals surface area (Å²) in [6.07, 6.45) is 0.696. The van der Waals surface area contributed by atoms with Crippen LogP contribution in [0.4, 0.5) is 4.79 Å². The molecule has 120 valence electrons. The Morgan fingerprint density at radius 3 is 2.29 bits per heavy atom. The van der Waals surface area contributed by atoms with Gasteiger partial charge in [0.2, 0.25) is 5.91 Å². The molecule has 2 heterocycles. The molecule has 0 aromatic heterocycles. The van der Waals surface area contributed by atoms with E-state index in [1.807, 2.05) is 11.9 Å². The normalized spacial score (nSPS) is 27.7. The number of rotatable bonds is 2. The third kappa shape index (κ3) is 3.85. The molecule has 3 amide bonds. The summed E-state index contributed by atoms with van der Waals surface area (Å²) in [4.78, 5) is 32.1. The third-order valence-electron chi connectivity index (χ3n) is 4.38. The summed E-state index contributed by atoms with van der Waals surface area (Å²) in [5.41, 5.74) is 0. The fraction of sp³-hybridized carbons (Fsp3) is 0.857. The van der Waals surface area contributed by atoms with Gasteiger partial charge in [-0.15, -0.1) is 0 Å². The molecule has 2 fully saturated rings. The van der Waals surface area contributed by atoms with E-state index >= 15 is 0 Å². The Kier molecular flexibility index (Phi) is 5.05. The highest BCUT2D eigenvalue weighted by molar-refractivity contribution is 5.82. The minimum atomic E-state index is -0.110. The van der Waals surface area contributed by atoms with E-state index in [2.05, 4.69) is 22.2 Å². The van der Waals surface area contributed by atoms with Gasteiger partial charge in [-0.3, -0.25) is 9.69 Å². The monoisotopic (exact) mass is 297 g/mol. The molecule has 0 aromatic rings. The Morgan fingerprint density at radius 1 is 1.10 bits per heavy atom. The van der Waals surface area contributed by atoms with Crippen molar-refractivity contribution in [1.82, 2.24) is 24.9 Å². The number of nitrogens with one attached hydrogen (secondary N) is 1. The van der Waals surface area contributed by atoms with Crippen LogP contribution < -0.4 is 5.32 Å². The molecule has 21 heavy (non-hydrogen) atoms. The van der Waals surface area contributed by atoms with Crippen molar-refractivity contribution in [2.75, 3.05) is 60.9 Å². The molecular formula is C14H27N5O2. The van der Waals surface area contributed by atoms with Gasteiger partial charge in [0.1, 0.15) is 0 Å². The first-order chi connectivity index (χ1) is 9.88. The second-order valence-corrected chi connectivity index (χ2v) is 6.36. The molecular weight excluding hydrogens is 270 g/mol. The Balaban J connectivity index is 1.89. The van der Waals surface area contributed by atoms with Crippen LogP contribution in [0.5, 0.6) is 0 Å². The van der Waals surface area contributed by atoms with Crippen molar-refractivity contribution in [3.05, 3.63) is 0 Å². The van der Waals surface area contributed by atoms with E-state index in [9.17, 15) is 9.59 Å². The van der Waals surface area contributed by atoms with Gasteiger partial charge in [-0.05, 0) is 20.5 Å². The fourth-order valence-electron chi connectivity index (χ4n) is 2.93. The van der Waals surface area contributed by atoms with Gasteiger partial charge < -0.3 is 20.0 Å². The number of amides is 3. The predicted molar refractivity (Wildman–Crippen MR) is 81.1 cm³/mol. The molecule has 2 atom stereocenters. The number of likely N-dealkylation sites (N-methyl/N-ethyl adjacent to an activating group) is 2. The first-order valence-corrected chi connectivity index (χ1v) is 7.54. The van der Waals surface area contributed by atoms with Crippen LogP contribution in [0.1, 0.15) is 6.42 Å². The van der Waals surface area contributed by atoms with E-state index in [-0.39, 0.29) is 24.0 Å². The number of carbonyl (C=O) groups is 2. The van der Waals surface area contributed by atoms with Gasteiger partial charge in [0.15, 0.2) is 0 Å². The molecule has 0 bridgehead atoms. The number of hydrogen-bond acceptors (Lipinski definition) is 4. The van der Waals surface area contributed by atoms with Gasteiger partial charge in [-0.25, -0.2) is 4.79 Å². The van der Waals surface area contributed by atoms with Crippen molar-refractivity contribution in [3.63, 3.8) is 0 Å². The lowest BCUT2D eigenvalue weighted by Gasteiger charge is -2.35. The summed E-state index contributed by atoms with van der Waals surface area (Å²) in [6.45, 7) is 4.19. The highest BCUT2D eigenvalue weighted by Gasteiger charge is 2.37. The molecule has 2 aliphatic heterocycles. The zero-order valence-corrected chi connectivity index (χ0v) is 13.5. The molecule has 0 spiro atoms. The van der Waals surface area contributed by atoms with Gasteiger partial charge in [0.05, 0.1) is 6.04 Å². The lowest BCUT2D eigenvalue weighted by Crippen LogP contribution is -2.52. The molecule has 7 heteroatoms. The lowest BCUT2D eigenvalue weighted by molar-refractivity contribution is -0.137. The van der Waals surface area contributed by atoms with E-state index in [0.717, 1.165) is 32.7 Å². The molecule has 0 radical (unpaired) electrons. The number of nitrogens with zero attached hydrogens (tertiary/aromatic N) is 4. The maximum atomic E-state index is 12.6. The van der Waals surface area contributed by atoms with Gasteiger partial charge in [-0.1, -0.05) is 0 Å². The Morgan fingerprint density at radius 2 is 1.71 bits per heavy atom. The molecule has 2 rings (SSSR count). The van der Waals surface area contributed by atoms with Crippen molar-refractivity contribution < 1.29 is 9.59 Å². The number of likely N-dealkylation sites (tertiary alicyclic amines) is 1. The second kappa shape index (κ2) is 6.62. The van der Waals surface area contributed by atoms with Gasteiger partial charge in [-0.2, -0.15) is 0 Å². The lowest BCUT2D eigenvalue weighted by atomic mass is 10.1. The molecule has 2 saturated heterocycles. The van der Waals surface area contributed by atoms with Crippen LogP contribution in [0.25, 0.3) is 0 Å². The highest BCUT2D eigenvalue weighted by Crippen LogP contribution is 2.19. The number of hydrogen-bond donors (Lipinski definition) is 1. The highest BCUT2D eigenvalue weighted by atomic mass is 16.2. The second-order valence-electron chi connectivity index (χ2n) is 6.36. The van der Waals surface area contributed by atoms with Crippen molar-refractivity contribution >= 4 is 11.9 Å². The Labute approximate surface area is 126 Å². The summed E-state index contributed by atoms with van der Waals surface area (Å²) in [5.74, 6) is 0.201. The third-order valence-corrected chi connectivity index (χ3v) is 4.38. The molecule has 0 unspecified atom stereocenters. The van der Waals surface area contributed by atoms with Crippen LogP contribution in [0, 0.1) is 0 Å². The smallest absolute Gasteiger partial charge is 0.317 e. The Bertz CT molecular complexity index is 393. The molecule has 0 aromatic carbocycles. The van der Waals surface area contributed by atoms with Crippen LogP contribution in [-0.2, 0) is 4.79 Å². The van der Waals surface area contributed by atoms with E-state index in [4.69, 9.17) is 0 Å². The molecule has 7 nitrogen and oxygen atoms in total. The topological polar surface area (TPSA) is 59.1 Å². The van der Waals surface area contributed by atoms with Crippen LogP contribution in [-0.4, -0.2) is 105 Å². The minimum Gasteiger partial charge on any atom is -0.339 e. The van der Waals surface area contributed by atoms with Crippen molar-refractivity contribution in [3.8, 4) is 0 Å². The summed E-state index contributed by atoms with van der Waals surface area (Å²) in [6, 6.07) is -0.159.